The number of fused-ring (bicyclic) bond motifs is 4. The zero-order valence-corrected chi connectivity index (χ0v) is 29.6. The van der Waals surface area contributed by atoms with E-state index in [9.17, 15) is 0 Å². The molecule has 0 bridgehead atoms. The van der Waals surface area contributed by atoms with Crippen LogP contribution in [-0.4, -0.2) is 22.8 Å². The van der Waals surface area contributed by atoms with E-state index < -0.39 is 0 Å². The van der Waals surface area contributed by atoms with Crippen molar-refractivity contribution in [1.82, 2.24) is 4.98 Å². The minimum absolute atomic E-state index is 0. The fraction of sp³-hybridized carbons (Fsp3) is 0.450. The molecular weight excluding hydrogens is 715 g/mol. The molecule has 0 atom stereocenters. The van der Waals surface area contributed by atoms with Crippen molar-refractivity contribution >= 4 is 27.3 Å². The van der Waals surface area contributed by atoms with Crippen molar-refractivity contribution in [2.45, 2.75) is 116 Å². The maximum Gasteiger partial charge on any atom is 0.0502 e. The first-order valence-electron chi connectivity index (χ1n) is 16.6. The summed E-state index contributed by atoms with van der Waals surface area (Å²) in [6.07, 6.45) is 17.6. The van der Waals surface area contributed by atoms with Crippen LogP contribution < -0.4 is 0 Å². The maximum absolute atomic E-state index is 4.88. The normalized spacial score (nSPS) is 18.7. The molecule has 0 aliphatic heterocycles. The average Bonchev–Trinajstić information content (AvgIpc) is 3.00. The van der Waals surface area contributed by atoms with Gasteiger partial charge in [-0.1, -0.05) is 125 Å². The van der Waals surface area contributed by atoms with Crippen LogP contribution in [0.15, 0.2) is 71.5 Å². The summed E-state index contributed by atoms with van der Waals surface area (Å²) in [6, 6.07) is 22.1. The zero-order valence-electron chi connectivity index (χ0n) is 27.2. The molecule has 0 N–H and O–H groups in total. The molecule has 4 aromatic rings. The minimum Gasteiger partial charge on any atom is -0.685 e. The van der Waals surface area contributed by atoms with E-state index in [1.807, 2.05) is 12.3 Å². The van der Waals surface area contributed by atoms with Gasteiger partial charge in [0.1, 0.15) is 0 Å². The average molecular weight is 762 g/mol. The molecule has 1 aromatic heterocycles. The predicted octanol–water partition coefficient (Wildman–Crippen LogP) is 11.2. The molecule has 0 amide bonds. The monoisotopic (exact) mass is 762 g/mol. The second-order valence-electron chi connectivity index (χ2n) is 13.6. The molecule has 0 spiro atoms. The van der Waals surface area contributed by atoms with Gasteiger partial charge in [0, 0.05) is 37.4 Å². The molecule has 4 heteroatoms. The number of aryl methyl sites for hydroxylation is 1. The SMILES string of the molecule is CC(/C=C(/C)[N-]C1CCCCC1)=NC1CCCCC1.Cc1ccc2c3c(ncc2c1)-c1[c-]ccc2cccc(c12)C3(C)C.[Ir]. The molecule has 3 nitrogen and oxygen atoms in total. The van der Waals surface area contributed by atoms with E-state index in [0.717, 1.165) is 11.3 Å². The quantitative estimate of drug-likeness (QED) is 0.151. The molecule has 1 radical (unpaired) electrons. The van der Waals surface area contributed by atoms with Crippen LogP contribution in [0, 0.1) is 13.0 Å². The van der Waals surface area contributed by atoms with Gasteiger partial charge in [0.15, 0.2) is 0 Å². The van der Waals surface area contributed by atoms with Gasteiger partial charge in [-0.15, -0.1) is 35.2 Å². The van der Waals surface area contributed by atoms with Gasteiger partial charge in [-0.2, -0.15) is 5.70 Å². The second kappa shape index (κ2) is 14.1. The van der Waals surface area contributed by atoms with Gasteiger partial charge in [-0.25, -0.2) is 0 Å². The van der Waals surface area contributed by atoms with Crippen molar-refractivity contribution in [3.63, 3.8) is 0 Å². The third kappa shape index (κ3) is 6.87. The first-order valence-corrected chi connectivity index (χ1v) is 16.6. The van der Waals surface area contributed by atoms with Crippen LogP contribution in [0.4, 0.5) is 0 Å². The molecule has 44 heavy (non-hydrogen) atoms. The first-order chi connectivity index (χ1) is 20.8. The Morgan fingerprint density at radius 2 is 1.66 bits per heavy atom. The fourth-order valence-corrected chi connectivity index (χ4v) is 7.66. The third-order valence-corrected chi connectivity index (χ3v) is 9.76. The summed E-state index contributed by atoms with van der Waals surface area (Å²) in [5.41, 5.74) is 8.44. The summed E-state index contributed by atoms with van der Waals surface area (Å²) >= 11 is 0. The molecule has 2 saturated carbocycles. The molecule has 3 aliphatic carbocycles. The van der Waals surface area contributed by atoms with Crippen LogP contribution in [0.25, 0.3) is 38.1 Å². The Kier molecular flexibility index (Phi) is 10.4. The van der Waals surface area contributed by atoms with Gasteiger partial charge in [-0.3, -0.25) is 4.99 Å². The molecule has 1 heterocycles. The molecule has 3 aromatic carbocycles. The summed E-state index contributed by atoms with van der Waals surface area (Å²) in [5, 5.41) is 9.94. The van der Waals surface area contributed by atoms with Crippen molar-refractivity contribution in [2.75, 3.05) is 0 Å². The number of aliphatic imine (C=N–C) groups is 1. The zero-order chi connectivity index (χ0) is 30.0. The van der Waals surface area contributed by atoms with Crippen LogP contribution in [-0.2, 0) is 25.5 Å². The van der Waals surface area contributed by atoms with Gasteiger partial charge in [0.05, 0.1) is 6.04 Å². The largest absolute Gasteiger partial charge is 0.685 e. The van der Waals surface area contributed by atoms with Gasteiger partial charge in [-0.05, 0) is 54.8 Å². The molecule has 3 aliphatic rings. The number of rotatable bonds is 4. The Labute approximate surface area is 278 Å². The standard InChI is InChI=1S/C23H18N.C17H29N2.Ir/c1-14-10-11-17-16(12-14)13-24-22-18-8-4-6-15-7-5-9-19(20(15)18)23(2,3)21(17)22;1-14(18-16-9-5-3-6-10-16)13-15(2)19-17-11-7-4-8-12-17;/h4-7,9-13H,1-3H3;13,16-17H,3-12H2,1-2H3;/q2*-1;/b;14-13-,19-15?;. The molecule has 233 valence electrons. The summed E-state index contributed by atoms with van der Waals surface area (Å²) in [4.78, 5) is 9.73. The first kappa shape index (κ1) is 32.6. The maximum atomic E-state index is 4.88. The molecule has 7 rings (SSSR count). The van der Waals surface area contributed by atoms with Crippen molar-refractivity contribution in [2.24, 2.45) is 4.99 Å². The summed E-state index contributed by atoms with van der Waals surface area (Å²) in [6.45, 7) is 11.0. The van der Waals surface area contributed by atoms with Gasteiger partial charge >= 0.3 is 0 Å². The Morgan fingerprint density at radius 1 is 0.932 bits per heavy atom. The molecule has 2 fully saturated rings. The fourth-order valence-electron chi connectivity index (χ4n) is 7.66. The smallest absolute Gasteiger partial charge is 0.0502 e. The topological polar surface area (TPSA) is 39.4 Å². The predicted molar refractivity (Wildman–Crippen MR) is 184 cm³/mol. The Hall–Kier alpha value is -2.81. The van der Waals surface area contributed by atoms with Gasteiger partial charge in [0.2, 0.25) is 0 Å². The third-order valence-electron chi connectivity index (χ3n) is 9.76. The number of aromatic nitrogens is 1. The van der Waals surface area contributed by atoms with Crippen molar-refractivity contribution in [3.05, 3.63) is 94.6 Å². The number of allylic oxidation sites excluding steroid dienone is 2. The summed E-state index contributed by atoms with van der Waals surface area (Å²) < 4.78 is 0. The van der Waals surface area contributed by atoms with E-state index in [4.69, 9.17) is 15.3 Å². The number of benzene rings is 3. The van der Waals surface area contributed by atoms with Crippen LogP contribution in [0.3, 0.4) is 0 Å². The van der Waals surface area contributed by atoms with E-state index in [1.54, 1.807) is 0 Å². The Balaban J connectivity index is 0.000000176. The number of pyridine rings is 1. The second-order valence-corrected chi connectivity index (χ2v) is 13.6. The van der Waals surface area contributed by atoms with E-state index in [0.29, 0.717) is 12.1 Å². The molecule has 0 saturated heterocycles. The Morgan fingerprint density at radius 3 is 2.41 bits per heavy atom. The van der Waals surface area contributed by atoms with E-state index in [2.05, 4.69) is 89.2 Å². The van der Waals surface area contributed by atoms with Crippen LogP contribution in [0.2, 0.25) is 0 Å². The number of hydrogen-bond acceptors (Lipinski definition) is 2. The number of hydrogen-bond donors (Lipinski definition) is 0. The van der Waals surface area contributed by atoms with Crippen LogP contribution >= 0.6 is 0 Å². The van der Waals surface area contributed by atoms with E-state index >= 15 is 0 Å². The molecule has 0 unspecified atom stereocenters. The minimum atomic E-state index is -0.0845. The summed E-state index contributed by atoms with van der Waals surface area (Å²) in [5.74, 6) is 0. The van der Waals surface area contributed by atoms with E-state index in [-0.39, 0.29) is 25.5 Å². The van der Waals surface area contributed by atoms with Crippen molar-refractivity contribution in [1.29, 1.82) is 0 Å². The van der Waals surface area contributed by atoms with Gasteiger partial charge < -0.3 is 10.3 Å². The summed E-state index contributed by atoms with van der Waals surface area (Å²) in [7, 11) is 0. The Bertz CT molecular complexity index is 1660. The molecular formula is C40H47IrN3-2. The van der Waals surface area contributed by atoms with Gasteiger partial charge in [0.25, 0.3) is 0 Å². The van der Waals surface area contributed by atoms with Crippen molar-refractivity contribution < 1.29 is 20.1 Å². The van der Waals surface area contributed by atoms with E-state index in [1.165, 1.54) is 114 Å². The van der Waals surface area contributed by atoms with Crippen LogP contribution in [0.1, 0.15) is 109 Å². The number of nitrogens with zero attached hydrogens (tertiary/aromatic N) is 3. The van der Waals surface area contributed by atoms with Crippen LogP contribution in [0.5, 0.6) is 0 Å². The van der Waals surface area contributed by atoms with Crippen molar-refractivity contribution in [3.8, 4) is 11.3 Å².